The zero-order chi connectivity index (χ0) is 13.8. The number of benzene rings is 2. The van der Waals surface area contributed by atoms with Crippen molar-refractivity contribution >= 4 is 11.6 Å². The lowest BCUT2D eigenvalue weighted by Crippen LogP contribution is -2.11. The van der Waals surface area contributed by atoms with Gasteiger partial charge in [0.25, 0.3) is 0 Å². The Balaban J connectivity index is 2.29. The third-order valence-electron chi connectivity index (χ3n) is 2.85. The molecular weight excluding hydrogens is 268 g/mol. The molecule has 0 spiro atoms. The van der Waals surface area contributed by atoms with Gasteiger partial charge < -0.3 is 5.32 Å². The van der Waals surface area contributed by atoms with Gasteiger partial charge in [-0.3, -0.25) is 0 Å². The second-order valence-corrected chi connectivity index (χ2v) is 4.63. The summed E-state index contributed by atoms with van der Waals surface area (Å²) in [5.74, 6) is -1.83. The Bertz CT molecular complexity index is 567. The van der Waals surface area contributed by atoms with Crippen molar-refractivity contribution in [2.75, 3.05) is 6.54 Å². The molecular formula is C15H14ClF2N. The van der Waals surface area contributed by atoms with E-state index < -0.39 is 11.6 Å². The summed E-state index contributed by atoms with van der Waals surface area (Å²) < 4.78 is 26.3. The lowest BCUT2D eigenvalue weighted by Gasteiger charge is -2.07. The van der Waals surface area contributed by atoms with Crippen LogP contribution in [0.1, 0.15) is 12.5 Å². The van der Waals surface area contributed by atoms with Gasteiger partial charge in [0.05, 0.1) is 5.02 Å². The van der Waals surface area contributed by atoms with Gasteiger partial charge in [-0.2, -0.15) is 0 Å². The maximum absolute atomic E-state index is 13.2. The first-order valence-corrected chi connectivity index (χ1v) is 6.44. The van der Waals surface area contributed by atoms with Gasteiger partial charge in [0.15, 0.2) is 11.6 Å². The molecule has 0 aliphatic carbocycles. The molecule has 0 radical (unpaired) electrons. The van der Waals surface area contributed by atoms with E-state index in [0.717, 1.165) is 36.3 Å². The molecule has 0 aliphatic heterocycles. The van der Waals surface area contributed by atoms with E-state index in [4.69, 9.17) is 11.6 Å². The molecule has 0 aliphatic rings. The summed E-state index contributed by atoms with van der Waals surface area (Å²) >= 11 is 5.94. The van der Waals surface area contributed by atoms with E-state index in [1.54, 1.807) is 0 Å². The molecule has 4 heteroatoms. The van der Waals surface area contributed by atoms with Crippen molar-refractivity contribution in [2.45, 2.75) is 13.5 Å². The maximum atomic E-state index is 13.2. The van der Waals surface area contributed by atoms with E-state index in [0.29, 0.717) is 5.56 Å². The molecule has 0 fully saturated rings. The highest BCUT2D eigenvalue weighted by Gasteiger charge is 2.10. The van der Waals surface area contributed by atoms with Crippen molar-refractivity contribution in [3.05, 3.63) is 58.6 Å². The number of nitrogens with one attached hydrogen (secondary N) is 1. The molecule has 1 N–H and O–H groups in total. The van der Waals surface area contributed by atoms with Gasteiger partial charge in [-0.1, -0.05) is 42.8 Å². The van der Waals surface area contributed by atoms with Gasteiger partial charge in [-0.05, 0) is 29.8 Å². The van der Waals surface area contributed by atoms with Crippen LogP contribution in [0.5, 0.6) is 0 Å². The molecule has 0 saturated carbocycles. The number of hydrogen-bond donors (Lipinski definition) is 1. The Hall–Kier alpha value is -1.45. The monoisotopic (exact) mass is 281 g/mol. The summed E-state index contributed by atoms with van der Waals surface area (Å²) in [4.78, 5) is 0. The quantitative estimate of drug-likeness (QED) is 0.820. The Morgan fingerprint density at radius 1 is 1.05 bits per heavy atom. The van der Waals surface area contributed by atoms with Crippen molar-refractivity contribution in [3.63, 3.8) is 0 Å². The molecule has 1 nitrogen and oxygen atoms in total. The minimum absolute atomic E-state index is 0.207. The van der Waals surface area contributed by atoms with Crippen LogP contribution in [-0.4, -0.2) is 6.54 Å². The normalized spacial score (nSPS) is 10.7. The van der Waals surface area contributed by atoms with Gasteiger partial charge in [-0.25, -0.2) is 8.78 Å². The summed E-state index contributed by atoms with van der Waals surface area (Å²) in [5.41, 5.74) is 2.39. The number of hydrogen-bond acceptors (Lipinski definition) is 1. The van der Waals surface area contributed by atoms with Crippen molar-refractivity contribution in [1.29, 1.82) is 0 Å². The van der Waals surface area contributed by atoms with E-state index >= 15 is 0 Å². The van der Waals surface area contributed by atoms with Crippen LogP contribution in [0.3, 0.4) is 0 Å². The third-order valence-corrected chi connectivity index (χ3v) is 3.17. The van der Waals surface area contributed by atoms with Gasteiger partial charge in [-0.15, -0.1) is 0 Å². The Morgan fingerprint density at radius 2 is 1.68 bits per heavy atom. The first-order valence-electron chi connectivity index (χ1n) is 6.06. The first-order chi connectivity index (χ1) is 9.11. The molecule has 0 amide bonds. The van der Waals surface area contributed by atoms with E-state index in [2.05, 4.69) is 5.32 Å². The predicted molar refractivity (Wildman–Crippen MR) is 74.2 cm³/mol. The molecule has 0 atom stereocenters. The molecule has 0 unspecified atom stereocenters. The highest BCUT2D eigenvalue weighted by atomic mass is 35.5. The molecule has 2 aromatic carbocycles. The number of halogens is 3. The predicted octanol–water partition coefficient (Wildman–Crippen LogP) is 4.39. The van der Waals surface area contributed by atoms with Gasteiger partial charge in [0.1, 0.15) is 0 Å². The lowest BCUT2D eigenvalue weighted by atomic mass is 10.0. The topological polar surface area (TPSA) is 12.0 Å². The van der Waals surface area contributed by atoms with Crippen LogP contribution >= 0.6 is 11.6 Å². The van der Waals surface area contributed by atoms with Gasteiger partial charge in [0.2, 0.25) is 0 Å². The van der Waals surface area contributed by atoms with Crippen LogP contribution in [-0.2, 0) is 6.54 Å². The van der Waals surface area contributed by atoms with Gasteiger partial charge >= 0.3 is 0 Å². The van der Waals surface area contributed by atoms with Crippen LogP contribution in [0, 0.1) is 11.6 Å². The highest BCUT2D eigenvalue weighted by Crippen LogP contribution is 2.30. The average molecular weight is 282 g/mol. The molecule has 19 heavy (non-hydrogen) atoms. The number of rotatable bonds is 4. The summed E-state index contributed by atoms with van der Waals surface area (Å²) in [6, 6.07) is 9.71. The minimum Gasteiger partial charge on any atom is -0.313 e. The van der Waals surface area contributed by atoms with Crippen molar-refractivity contribution in [3.8, 4) is 11.1 Å². The summed E-state index contributed by atoms with van der Waals surface area (Å²) in [6.07, 6.45) is 0. The standard InChI is InChI=1S/C15H14ClF2N/c1-2-19-9-10-3-5-11(6-4-10)12-7-14(17)15(18)8-13(12)16/h3-8,19H,2,9H2,1H3. The fourth-order valence-electron chi connectivity index (χ4n) is 1.82. The zero-order valence-electron chi connectivity index (χ0n) is 10.5. The molecule has 0 aromatic heterocycles. The van der Waals surface area contributed by atoms with E-state index in [9.17, 15) is 8.78 Å². The largest absolute Gasteiger partial charge is 0.313 e. The summed E-state index contributed by atoms with van der Waals surface area (Å²) in [7, 11) is 0. The van der Waals surface area contributed by atoms with Crippen LogP contribution in [0.4, 0.5) is 8.78 Å². The SMILES string of the molecule is CCNCc1ccc(-c2cc(F)c(F)cc2Cl)cc1. The molecule has 2 aromatic rings. The summed E-state index contributed by atoms with van der Waals surface area (Å²) in [6.45, 7) is 3.72. The summed E-state index contributed by atoms with van der Waals surface area (Å²) in [5, 5.41) is 3.42. The van der Waals surface area contributed by atoms with Crippen LogP contribution in [0.2, 0.25) is 5.02 Å². The Kier molecular flexibility index (Phi) is 4.51. The van der Waals surface area contributed by atoms with Crippen molar-refractivity contribution in [1.82, 2.24) is 5.32 Å². The lowest BCUT2D eigenvalue weighted by molar-refractivity contribution is 0.509. The minimum atomic E-state index is -0.933. The van der Waals surface area contributed by atoms with Crippen molar-refractivity contribution in [2.24, 2.45) is 0 Å². The smallest absolute Gasteiger partial charge is 0.160 e. The first kappa shape index (κ1) is 14.0. The van der Waals surface area contributed by atoms with E-state index in [-0.39, 0.29) is 5.02 Å². The average Bonchev–Trinajstić information content (AvgIpc) is 2.41. The molecule has 100 valence electrons. The Morgan fingerprint density at radius 3 is 2.32 bits per heavy atom. The molecule has 0 heterocycles. The van der Waals surface area contributed by atoms with E-state index in [1.165, 1.54) is 0 Å². The highest BCUT2D eigenvalue weighted by molar-refractivity contribution is 6.33. The second kappa shape index (κ2) is 6.13. The van der Waals surface area contributed by atoms with Crippen LogP contribution in [0.25, 0.3) is 11.1 Å². The van der Waals surface area contributed by atoms with Crippen molar-refractivity contribution < 1.29 is 8.78 Å². The fourth-order valence-corrected chi connectivity index (χ4v) is 2.07. The van der Waals surface area contributed by atoms with Crippen LogP contribution < -0.4 is 5.32 Å². The molecule has 0 saturated heterocycles. The zero-order valence-corrected chi connectivity index (χ0v) is 11.3. The fraction of sp³-hybridized carbons (Fsp3) is 0.200. The van der Waals surface area contributed by atoms with E-state index in [1.807, 2.05) is 31.2 Å². The maximum Gasteiger partial charge on any atom is 0.160 e. The second-order valence-electron chi connectivity index (χ2n) is 4.22. The third kappa shape index (κ3) is 3.31. The van der Waals surface area contributed by atoms with Gasteiger partial charge in [0, 0.05) is 12.1 Å². The van der Waals surface area contributed by atoms with Crippen LogP contribution in [0.15, 0.2) is 36.4 Å². The Labute approximate surface area is 116 Å². The molecule has 2 rings (SSSR count). The molecule has 0 bridgehead atoms.